The summed E-state index contributed by atoms with van der Waals surface area (Å²) in [7, 11) is 0. The SMILES string of the molecule is Cc1cc(Cl)cc(-c2ccnc3cc(Cn4c(=O)ccn(CC(F)(F)F)c4=O)sc23)c1O[C@@H]1C[C@@H]2NCCO[C@H]2C1. The van der Waals surface area contributed by atoms with Crippen LogP contribution in [0.5, 0.6) is 5.75 Å². The molecule has 1 aromatic carbocycles. The van der Waals surface area contributed by atoms with Gasteiger partial charge >= 0.3 is 11.9 Å². The molecule has 0 amide bonds. The van der Waals surface area contributed by atoms with Gasteiger partial charge in [0.05, 0.1) is 29.5 Å². The number of alkyl halides is 3. The van der Waals surface area contributed by atoms with Crippen molar-refractivity contribution in [1.82, 2.24) is 19.4 Å². The number of aryl methyl sites for hydroxylation is 1. The monoisotopic (exact) mass is 606 g/mol. The van der Waals surface area contributed by atoms with E-state index in [9.17, 15) is 22.8 Å². The van der Waals surface area contributed by atoms with Gasteiger partial charge in [0.2, 0.25) is 0 Å². The van der Waals surface area contributed by atoms with Gasteiger partial charge in [-0.25, -0.2) is 4.79 Å². The lowest BCUT2D eigenvalue weighted by Gasteiger charge is -2.26. The Morgan fingerprint density at radius 3 is 2.80 bits per heavy atom. The molecule has 3 atom stereocenters. The van der Waals surface area contributed by atoms with Crippen LogP contribution in [-0.4, -0.2) is 51.7 Å². The van der Waals surface area contributed by atoms with E-state index in [-0.39, 0.29) is 24.8 Å². The minimum atomic E-state index is -4.60. The van der Waals surface area contributed by atoms with Crippen LogP contribution in [0.3, 0.4) is 0 Å². The molecule has 4 heterocycles. The topological polar surface area (TPSA) is 87.4 Å². The van der Waals surface area contributed by atoms with Gasteiger partial charge in [0.1, 0.15) is 18.4 Å². The van der Waals surface area contributed by atoms with Crippen LogP contribution < -0.4 is 21.3 Å². The molecule has 4 aromatic rings. The van der Waals surface area contributed by atoms with Crippen molar-refractivity contribution in [3.63, 3.8) is 0 Å². The molecule has 6 rings (SSSR count). The van der Waals surface area contributed by atoms with Crippen molar-refractivity contribution in [2.75, 3.05) is 13.2 Å². The Morgan fingerprint density at radius 1 is 1.20 bits per heavy atom. The van der Waals surface area contributed by atoms with E-state index in [0.29, 0.717) is 32.3 Å². The summed E-state index contributed by atoms with van der Waals surface area (Å²) in [4.78, 5) is 30.2. The number of thiophene rings is 1. The molecule has 1 saturated heterocycles. The lowest BCUT2D eigenvalue weighted by Crippen LogP contribution is -2.44. The van der Waals surface area contributed by atoms with Gasteiger partial charge in [0, 0.05) is 64.9 Å². The molecule has 1 N–H and O–H groups in total. The zero-order valence-electron chi connectivity index (χ0n) is 21.9. The molecule has 1 saturated carbocycles. The van der Waals surface area contributed by atoms with Gasteiger partial charge in [-0.3, -0.25) is 18.9 Å². The second-order valence-corrected chi connectivity index (χ2v) is 11.9. The highest BCUT2D eigenvalue weighted by atomic mass is 35.5. The summed E-state index contributed by atoms with van der Waals surface area (Å²) in [5, 5.41) is 4.04. The Morgan fingerprint density at radius 2 is 2.02 bits per heavy atom. The number of morpholine rings is 1. The smallest absolute Gasteiger partial charge is 0.406 e. The largest absolute Gasteiger partial charge is 0.489 e. The van der Waals surface area contributed by atoms with Crippen LogP contribution in [0, 0.1) is 6.92 Å². The van der Waals surface area contributed by atoms with Gasteiger partial charge in [-0.2, -0.15) is 13.2 Å². The number of benzene rings is 1. The normalized spacial score (nSPS) is 20.9. The highest BCUT2D eigenvalue weighted by molar-refractivity contribution is 7.19. The van der Waals surface area contributed by atoms with Crippen molar-refractivity contribution in [3.8, 4) is 16.9 Å². The average molecular weight is 607 g/mol. The Kier molecular flexibility index (Phi) is 7.43. The summed E-state index contributed by atoms with van der Waals surface area (Å²) >= 11 is 7.80. The predicted molar refractivity (Wildman–Crippen MR) is 150 cm³/mol. The lowest BCUT2D eigenvalue weighted by molar-refractivity contribution is -0.141. The number of ether oxygens (including phenoxy) is 2. The molecule has 0 unspecified atom stereocenters. The lowest BCUT2D eigenvalue weighted by atomic mass is 10.0. The number of rotatable bonds is 6. The van der Waals surface area contributed by atoms with E-state index in [1.807, 2.05) is 25.1 Å². The number of fused-ring (bicyclic) bond motifs is 2. The molecule has 2 aliphatic rings. The zero-order chi connectivity index (χ0) is 28.9. The van der Waals surface area contributed by atoms with E-state index in [0.717, 1.165) is 57.6 Å². The van der Waals surface area contributed by atoms with Crippen molar-refractivity contribution in [2.45, 2.75) is 57.3 Å². The molecule has 3 aromatic heterocycles. The van der Waals surface area contributed by atoms with E-state index in [2.05, 4.69) is 10.3 Å². The van der Waals surface area contributed by atoms with Gasteiger partial charge in [0.15, 0.2) is 0 Å². The maximum absolute atomic E-state index is 12.9. The standard InChI is InChI=1S/C28H26ClF3N4O4S/c1-15-8-16(29)9-20(25(15)40-17-10-21-23(11-17)39-7-5-34-21)19-2-4-33-22-12-18(41-26(19)22)13-36-24(37)3-6-35(27(36)38)14-28(30,31)32/h2-4,6,8-9,12,17,21,23,34H,5,7,10-11,13-14H2,1H3/t17-,21+,23+/m1/s1. The number of hydrogen-bond acceptors (Lipinski definition) is 7. The molecule has 0 bridgehead atoms. The minimum absolute atomic E-state index is 0.0470. The third kappa shape index (κ3) is 5.78. The third-order valence-electron chi connectivity index (χ3n) is 7.38. The van der Waals surface area contributed by atoms with Crippen LogP contribution in [0.4, 0.5) is 13.2 Å². The second-order valence-electron chi connectivity index (χ2n) is 10.3. The first kappa shape index (κ1) is 28.0. The van der Waals surface area contributed by atoms with E-state index in [1.165, 1.54) is 11.3 Å². The first-order chi connectivity index (χ1) is 19.6. The van der Waals surface area contributed by atoms with Gasteiger partial charge in [0.25, 0.3) is 5.56 Å². The number of nitrogens with zero attached hydrogens (tertiary/aromatic N) is 3. The Labute approximate surface area is 241 Å². The van der Waals surface area contributed by atoms with Gasteiger partial charge < -0.3 is 14.8 Å². The minimum Gasteiger partial charge on any atom is -0.489 e. The zero-order valence-corrected chi connectivity index (χ0v) is 23.5. The molecule has 0 spiro atoms. The van der Waals surface area contributed by atoms with Gasteiger partial charge in [-0.1, -0.05) is 11.6 Å². The Bertz CT molecular complexity index is 1720. The molecule has 1 aliphatic carbocycles. The summed E-state index contributed by atoms with van der Waals surface area (Å²) in [6, 6.07) is 8.49. The Balaban J connectivity index is 1.36. The van der Waals surface area contributed by atoms with Crippen molar-refractivity contribution in [1.29, 1.82) is 0 Å². The van der Waals surface area contributed by atoms with Crippen LogP contribution in [0.2, 0.25) is 5.02 Å². The number of hydrogen-bond donors (Lipinski definition) is 1. The Hall–Kier alpha value is -3.19. The van der Waals surface area contributed by atoms with E-state index in [1.54, 1.807) is 12.3 Å². The van der Waals surface area contributed by atoms with Crippen LogP contribution in [-0.2, 0) is 17.8 Å². The molecule has 13 heteroatoms. The fourth-order valence-electron chi connectivity index (χ4n) is 5.61. The highest BCUT2D eigenvalue weighted by Crippen LogP contribution is 2.43. The first-order valence-electron chi connectivity index (χ1n) is 13.1. The fraction of sp³-hybridized carbons (Fsp3) is 0.393. The maximum Gasteiger partial charge on any atom is 0.406 e. The van der Waals surface area contributed by atoms with Gasteiger partial charge in [-0.15, -0.1) is 11.3 Å². The molecular weight excluding hydrogens is 581 g/mol. The summed E-state index contributed by atoms with van der Waals surface area (Å²) in [5.74, 6) is 0.704. The summed E-state index contributed by atoms with van der Waals surface area (Å²) in [6.07, 6.45) is -0.430. The van der Waals surface area contributed by atoms with E-state index < -0.39 is 24.0 Å². The maximum atomic E-state index is 12.9. The first-order valence-corrected chi connectivity index (χ1v) is 14.3. The third-order valence-corrected chi connectivity index (χ3v) is 8.74. The van der Waals surface area contributed by atoms with Crippen LogP contribution in [0.1, 0.15) is 23.3 Å². The molecule has 216 valence electrons. The molecule has 0 radical (unpaired) electrons. The molecule has 8 nitrogen and oxygen atoms in total. The van der Waals surface area contributed by atoms with Crippen molar-refractivity contribution < 1.29 is 22.6 Å². The molecular formula is C28H26ClF3N4O4S. The molecule has 41 heavy (non-hydrogen) atoms. The van der Waals surface area contributed by atoms with E-state index in [4.69, 9.17) is 21.1 Å². The highest BCUT2D eigenvalue weighted by Gasteiger charge is 2.38. The summed E-state index contributed by atoms with van der Waals surface area (Å²) < 4.78 is 53.4. The van der Waals surface area contributed by atoms with Crippen LogP contribution in [0.25, 0.3) is 21.3 Å². The number of pyridine rings is 1. The van der Waals surface area contributed by atoms with Crippen molar-refractivity contribution in [3.05, 3.63) is 79.0 Å². The molecule has 2 fully saturated rings. The average Bonchev–Trinajstić information content (AvgIpc) is 3.52. The summed E-state index contributed by atoms with van der Waals surface area (Å²) in [5.41, 5.74) is 1.37. The van der Waals surface area contributed by atoms with Crippen molar-refractivity contribution in [2.24, 2.45) is 0 Å². The van der Waals surface area contributed by atoms with Crippen LogP contribution in [0.15, 0.2) is 52.3 Å². The summed E-state index contributed by atoms with van der Waals surface area (Å²) in [6.45, 7) is 1.77. The van der Waals surface area contributed by atoms with Gasteiger partial charge in [-0.05, 0) is 36.8 Å². The molecule has 1 aliphatic heterocycles. The number of halogens is 4. The van der Waals surface area contributed by atoms with Crippen LogP contribution >= 0.6 is 22.9 Å². The predicted octanol–water partition coefficient (Wildman–Crippen LogP) is 4.76. The van der Waals surface area contributed by atoms with Crippen molar-refractivity contribution >= 4 is 33.2 Å². The van der Waals surface area contributed by atoms with E-state index >= 15 is 0 Å². The number of aromatic nitrogens is 3. The fourth-order valence-corrected chi connectivity index (χ4v) is 7.01. The quantitative estimate of drug-likeness (QED) is 0.341. The number of nitrogens with one attached hydrogen (secondary N) is 1. The second kappa shape index (κ2) is 10.9.